The number of carbonyl (C=O) groups excluding carboxylic acids is 1. The van der Waals surface area contributed by atoms with Gasteiger partial charge >= 0.3 is 0 Å². The van der Waals surface area contributed by atoms with Crippen molar-refractivity contribution in [2.24, 2.45) is 5.92 Å². The highest BCUT2D eigenvalue weighted by molar-refractivity contribution is 6.30. The van der Waals surface area contributed by atoms with Gasteiger partial charge in [0.2, 0.25) is 17.7 Å². The van der Waals surface area contributed by atoms with E-state index in [9.17, 15) is 4.79 Å². The van der Waals surface area contributed by atoms with Gasteiger partial charge < -0.3 is 9.32 Å². The molecule has 7 heteroatoms. The van der Waals surface area contributed by atoms with Crippen molar-refractivity contribution in [3.8, 4) is 11.5 Å². The van der Waals surface area contributed by atoms with E-state index in [2.05, 4.69) is 15.1 Å². The van der Waals surface area contributed by atoms with Gasteiger partial charge in [0.05, 0.1) is 6.54 Å². The Bertz CT molecular complexity index is 691. The molecule has 0 atom stereocenters. The Hall–Kier alpha value is -1.92. The van der Waals surface area contributed by atoms with Crippen LogP contribution in [0.2, 0.25) is 5.02 Å². The van der Waals surface area contributed by atoms with Crippen molar-refractivity contribution in [2.45, 2.75) is 20.4 Å². The van der Waals surface area contributed by atoms with E-state index < -0.39 is 0 Å². The van der Waals surface area contributed by atoms with E-state index in [4.69, 9.17) is 16.0 Å². The number of hydrogen-bond acceptors (Lipinski definition) is 5. The zero-order chi connectivity index (χ0) is 17.1. The van der Waals surface area contributed by atoms with Gasteiger partial charge in [-0.3, -0.25) is 9.69 Å². The number of halogens is 1. The smallest absolute Gasteiger partial charge is 0.247 e. The van der Waals surface area contributed by atoms with Gasteiger partial charge in [0.25, 0.3) is 0 Å². The molecule has 0 spiro atoms. The number of amides is 1. The van der Waals surface area contributed by atoms with Crippen molar-refractivity contribution >= 4 is 17.5 Å². The van der Waals surface area contributed by atoms with Crippen molar-refractivity contribution < 1.29 is 9.21 Å². The second kappa shape index (κ2) is 7.32. The van der Waals surface area contributed by atoms with Crippen LogP contribution in [0.5, 0.6) is 0 Å². The zero-order valence-corrected chi connectivity index (χ0v) is 14.7. The maximum atomic E-state index is 12.0. The molecule has 0 unspecified atom stereocenters. The average Bonchev–Trinajstić information content (AvgIpc) is 3.04. The summed E-state index contributed by atoms with van der Waals surface area (Å²) < 4.78 is 5.74. The Labute approximate surface area is 146 Å². The number of benzene rings is 1. The second-order valence-corrected chi connectivity index (χ2v) is 6.70. The molecule has 0 N–H and O–H groups in total. The maximum absolute atomic E-state index is 12.0. The third kappa shape index (κ3) is 3.94. The van der Waals surface area contributed by atoms with E-state index in [1.165, 1.54) is 0 Å². The molecule has 0 radical (unpaired) electrons. The lowest BCUT2D eigenvalue weighted by atomic mass is 10.1. The van der Waals surface area contributed by atoms with Gasteiger partial charge in [-0.15, -0.1) is 10.2 Å². The van der Waals surface area contributed by atoms with E-state index >= 15 is 0 Å². The first-order valence-corrected chi connectivity index (χ1v) is 8.50. The molecule has 1 aromatic carbocycles. The first kappa shape index (κ1) is 16.9. The van der Waals surface area contributed by atoms with Crippen LogP contribution in [0.25, 0.3) is 11.5 Å². The minimum absolute atomic E-state index is 0.0504. The van der Waals surface area contributed by atoms with Gasteiger partial charge in [0.1, 0.15) is 0 Å². The first-order valence-electron chi connectivity index (χ1n) is 8.12. The minimum Gasteiger partial charge on any atom is -0.419 e. The molecule has 1 aromatic heterocycles. The summed E-state index contributed by atoms with van der Waals surface area (Å²) in [5.74, 6) is 1.35. The Balaban J connectivity index is 1.56. The Morgan fingerprint density at radius 2 is 1.83 bits per heavy atom. The summed E-state index contributed by atoms with van der Waals surface area (Å²) in [6.45, 7) is 7.60. The van der Waals surface area contributed by atoms with E-state index in [1.54, 1.807) is 12.1 Å². The molecule has 2 aromatic rings. The number of piperazine rings is 1. The van der Waals surface area contributed by atoms with Gasteiger partial charge in [-0.25, -0.2) is 0 Å². The highest BCUT2D eigenvalue weighted by Gasteiger charge is 2.23. The van der Waals surface area contributed by atoms with Gasteiger partial charge in [-0.05, 0) is 24.3 Å². The molecule has 2 heterocycles. The Morgan fingerprint density at radius 1 is 1.17 bits per heavy atom. The number of aromatic nitrogens is 2. The van der Waals surface area contributed by atoms with Crippen LogP contribution in [0.15, 0.2) is 28.7 Å². The predicted octanol–water partition coefficient (Wildman–Crippen LogP) is 2.69. The molecule has 128 valence electrons. The Kier molecular flexibility index (Phi) is 5.16. The molecule has 1 aliphatic heterocycles. The average molecular weight is 349 g/mol. The lowest BCUT2D eigenvalue weighted by molar-refractivity contribution is -0.136. The zero-order valence-electron chi connectivity index (χ0n) is 13.9. The quantitative estimate of drug-likeness (QED) is 0.850. The fourth-order valence-corrected chi connectivity index (χ4v) is 2.84. The van der Waals surface area contributed by atoms with E-state index in [1.807, 2.05) is 30.9 Å². The van der Waals surface area contributed by atoms with Gasteiger partial charge in [0.15, 0.2) is 0 Å². The molecular weight excluding hydrogens is 328 g/mol. The molecule has 1 aliphatic rings. The molecule has 1 fully saturated rings. The third-order valence-electron chi connectivity index (χ3n) is 4.09. The van der Waals surface area contributed by atoms with Crippen LogP contribution in [0.1, 0.15) is 19.7 Å². The second-order valence-electron chi connectivity index (χ2n) is 6.26. The summed E-state index contributed by atoms with van der Waals surface area (Å²) >= 11 is 5.89. The first-order chi connectivity index (χ1) is 11.5. The maximum Gasteiger partial charge on any atom is 0.247 e. The predicted molar refractivity (Wildman–Crippen MR) is 91.4 cm³/mol. The number of hydrogen-bond donors (Lipinski definition) is 0. The SMILES string of the molecule is CC(C)C(=O)N1CCN(Cc2nnc(-c3ccc(Cl)cc3)o2)CC1. The van der Waals surface area contributed by atoms with Gasteiger partial charge in [0, 0.05) is 42.7 Å². The van der Waals surface area contributed by atoms with Crippen molar-refractivity contribution in [1.82, 2.24) is 20.0 Å². The molecule has 6 nitrogen and oxygen atoms in total. The van der Waals surface area contributed by atoms with Crippen LogP contribution in [0, 0.1) is 5.92 Å². The van der Waals surface area contributed by atoms with Crippen LogP contribution >= 0.6 is 11.6 Å². The number of rotatable bonds is 4. The van der Waals surface area contributed by atoms with Crippen molar-refractivity contribution in [3.63, 3.8) is 0 Å². The largest absolute Gasteiger partial charge is 0.419 e. The summed E-state index contributed by atoms with van der Waals surface area (Å²) in [6, 6.07) is 7.31. The van der Waals surface area contributed by atoms with Crippen LogP contribution in [-0.4, -0.2) is 52.1 Å². The lowest BCUT2D eigenvalue weighted by Crippen LogP contribution is -2.49. The molecule has 24 heavy (non-hydrogen) atoms. The number of carbonyl (C=O) groups is 1. The monoisotopic (exact) mass is 348 g/mol. The normalized spacial score (nSPS) is 15.9. The summed E-state index contributed by atoms with van der Waals surface area (Å²) in [5, 5.41) is 8.89. The van der Waals surface area contributed by atoms with Crippen molar-refractivity contribution in [1.29, 1.82) is 0 Å². The van der Waals surface area contributed by atoms with Gasteiger partial charge in [-0.1, -0.05) is 25.4 Å². The van der Waals surface area contributed by atoms with Crippen LogP contribution < -0.4 is 0 Å². The number of nitrogens with zero attached hydrogens (tertiary/aromatic N) is 4. The standard InChI is InChI=1S/C17H21ClN4O2/c1-12(2)17(23)22-9-7-21(8-10-22)11-15-19-20-16(24-15)13-3-5-14(18)6-4-13/h3-6,12H,7-11H2,1-2H3. The fraction of sp³-hybridized carbons (Fsp3) is 0.471. The lowest BCUT2D eigenvalue weighted by Gasteiger charge is -2.34. The van der Waals surface area contributed by atoms with Crippen molar-refractivity contribution in [2.75, 3.05) is 26.2 Å². The highest BCUT2D eigenvalue weighted by Crippen LogP contribution is 2.21. The molecule has 0 saturated carbocycles. The van der Waals surface area contributed by atoms with E-state index in [0.717, 1.165) is 31.7 Å². The molecule has 1 saturated heterocycles. The molecule has 0 bridgehead atoms. The fourth-order valence-electron chi connectivity index (χ4n) is 2.71. The highest BCUT2D eigenvalue weighted by atomic mass is 35.5. The van der Waals surface area contributed by atoms with E-state index in [-0.39, 0.29) is 11.8 Å². The summed E-state index contributed by atoms with van der Waals surface area (Å²) in [4.78, 5) is 16.2. The molecule has 3 rings (SSSR count). The third-order valence-corrected chi connectivity index (χ3v) is 4.35. The minimum atomic E-state index is 0.0504. The molecule has 1 amide bonds. The summed E-state index contributed by atoms with van der Waals surface area (Å²) in [5.41, 5.74) is 0.852. The Morgan fingerprint density at radius 3 is 2.46 bits per heavy atom. The van der Waals surface area contributed by atoms with Crippen LogP contribution in [0.3, 0.4) is 0 Å². The van der Waals surface area contributed by atoms with Crippen molar-refractivity contribution in [3.05, 3.63) is 35.2 Å². The van der Waals surface area contributed by atoms with Gasteiger partial charge in [-0.2, -0.15) is 0 Å². The summed E-state index contributed by atoms with van der Waals surface area (Å²) in [7, 11) is 0. The summed E-state index contributed by atoms with van der Waals surface area (Å²) in [6.07, 6.45) is 0. The van der Waals surface area contributed by atoms with Crippen LogP contribution in [-0.2, 0) is 11.3 Å². The topological polar surface area (TPSA) is 62.5 Å². The molecule has 0 aliphatic carbocycles. The molecular formula is C17H21ClN4O2. The van der Waals surface area contributed by atoms with Crippen LogP contribution in [0.4, 0.5) is 0 Å². The van der Waals surface area contributed by atoms with E-state index in [0.29, 0.717) is 23.3 Å².